The first-order valence-corrected chi connectivity index (χ1v) is 9.55. The van der Waals surface area contributed by atoms with Crippen LogP contribution in [0.4, 0.5) is 5.69 Å². The molecule has 5 nitrogen and oxygen atoms in total. The number of likely N-dealkylation sites (N-methyl/N-ethyl adjacent to an activating group) is 1. The number of rotatable bonds is 4. The number of piperazine rings is 1. The smallest absolute Gasteiger partial charge is 0.236 e. The summed E-state index contributed by atoms with van der Waals surface area (Å²) in [6.07, 6.45) is 4.79. The minimum atomic E-state index is 0.262. The molecule has 1 amide bonds. The Bertz CT molecular complexity index is 559. The molecule has 138 valence electrons. The lowest BCUT2D eigenvalue weighted by molar-refractivity contribution is -0.134. The van der Waals surface area contributed by atoms with Gasteiger partial charge in [-0.25, -0.2) is 0 Å². The van der Waals surface area contributed by atoms with Crippen molar-refractivity contribution in [3.05, 3.63) is 24.3 Å². The van der Waals surface area contributed by atoms with Crippen molar-refractivity contribution >= 4 is 11.6 Å². The molecule has 2 fully saturated rings. The Hall–Kier alpha value is -1.75. The zero-order chi connectivity index (χ0) is 17.8. The number of hydrogen-bond donors (Lipinski definition) is 1. The fraction of sp³-hybridized carbons (Fsp3) is 0.650. The van der Waals surface area contributed by atoms with E-state index in [0.717, 1.165) is 50.6 Å². The zero-order valence-corrected chi connectivity index (χ0v) is 15.5. The Balaban J connectivity index is 1.45. The Morgan fingerprint density at radius 1 is 1.08 bits per heavy atom. The number of carbonyl (C=O) groups excluding carboxylic acids is 1. The summed E-state index contributed by atoms with van der Waals surface area (Å²) < 4.78 is 0. The lowest BCUT2D eigenvalue weighted by Crippen LogP contribution is -2.51. The Kier molecular flexibility index (Phi) is 5.84. The highest BCUT2D eigenvalue weighted by molar-refractivity contribution is 5.78. The summed E-state index contributed by atoms with van der Waals surface area (Å²) in [6.45, 7) is 6.49. The number of phenols is 1. The molecule has 1 saturated heterocycles. The summed E-state index contributed by atoms with van der Waals surface area (Å²) in [5.74, 6) is 1.37. The van der Waals surface area contributed by atoms with Crippen LogP contribution in [0.5, 0.6) is 5.75 Å². The van der Waals surface area contributed by atoms with Gasteiger partial charge in [0.05, 0.1) is 6.54 Å². The average molecular weight is 345 g/mol. The first kappa shape index (κ1) is 18.1. The zero-order valence-electron chi connectivity index (χ0n) is 15.5. The predicted octanol–water partition coefficient (Wildman–Crippen LogP) is 2.55. The number of benzene rings is 1. The van der Waals surface area contributed by atoms with Crippen LogP contribution in [-0.4, -0.2) is 66.6 Å². The minimum absolute atomic E-state index is 0.262. The molecule has 1 N–H and O–H groups in total. The van der Waals surface area contributed by atoms with Crippen molar-refractivity contribution in [1.29, 1.82) is 0 Å². The van der Waals surface area contributed by atoms with E-state index in [9.17, 15) is 9.90 Å². The summed E-state index contributed by atoms with van der Waals surface area (Å²) in [5, 5.41) is 9.40. The largest absolute Gasteiger partial charge is 0.508 e. The van der Waals surface area contributed by atoms with Gasteiger partial charge in [-0.1, -0.05) is 6.92 Å². The quantitative estimate of drug-likeness (QED) is 0.911. The third kappa shape index (κ3) is 4.66. The van der Waals surface area contributed by atoms with Crippen molar-refractivity contribution in [3.63, 3.8) is 0 Å². The van der Waals surface area contributed by atoms with E-state index >= 15 is 0 Å². The van der Waals surface area contributed by atoms with Gasteiger partial charge in [0, 0.05) is 45.0 Å². The van der Waals surface area contributed by atoms with E-state index in [2.05, 4.69) is 16.7 Å². The van der Waals surface area contributed by atoms with Crippen molar-refractivity contribution in [2.24, 2.45) is 5.92 Å². The van der Waals surface area contributed by atoms with E-state index in [1.54, 1.807) is 12.1 Å². The van der Waals surface area contributed by atoms with Gasteiger partial charge >= 0.3 is 0 Å². The molecule has 1 aliphatic heterocycles. The van der Waals surface area contributed by atoms with Gasteiger partial charge in [-0.3, -0.25) is 9.69 Å². The highest BCUT2D eigenvalue weighted by atomic mass is 16.3. The van der Waals surface area contributed by atoms with Gasteiger partial charge in [-0.05, 0) is 55.9 Å². The maximum atomic E-state index is 12.6. The summed E-state index contributed by atoms with van der Waals surface area (Å²) in [7, 11) is 1.98. The molecule has 5 heteroatoms. The molecule has 1 aliphatic carbocycles. The molecular weight excluding hydrogens is 314 g/mol. The number of phenolic OH excluding ortho intramolecular Hbond substituents is 1. The van der Waals surface area contributed by atoms with Crippen LogP contribution < -0.4 is 4.90 Å². The van der Waals surface area contributed by atoms with Crippen LogP contribution in [0.3, 0.4) is 0 Å². The third-order valence-electron chi connectivity index (χ3n) is 5.87. The minimum Gasteiger partial charge on any atom is -0.508 e. The molecule has 0 bridgehead atoms. The number of aromatic hydroxyl groups is 1. The van der Waals surface area contributed by atoms with E-state index < -0.39 is 0 Å². The summed E-state index contributed by atoms with van der Waals surface area (Å²) in [5.41, 5.74) is 1.14. The second-order valence-corrected chi connectivity index (χ2v) is 7.70. The Morgan fingerprint density at radius 3 is 2.28 bits per heavy atom. The van der Waals surface area contributed by atoms with Gasteiger partial charge < -0.3 is 14.9 Å². The first-order valence-electron chi connectivity index (χ1n) is 9.55. The Morgan fingerprint density at radius 2 is 1.68 bits per heavy atom. The van der Waals surface area contributed by atoms with Crippen LogP contribution >= 0.6 is 0 Å². The maximum Gasteiger partial charge on any atom is 0.236 e. The van der Waals surface area contributed by atoms with E-state index in [0.29, 0.717) is 18.3 Å². The van der Waals surface area contributed by atoms with E-state index in [-0.39, 0.29) is 5.91 Å². The van der Waals surface area contributed by atoms with Crippen LogP contribution in [-0.2, 0) is 4.79 Å². The SMILES string of the molecule is CC1CCC(N(C)C(=O)CN2CCN(c3ccc(O)cc3)CC2)CC1. The van der Waals surface area contributed by atoms with E-state index in [1.165, 1.54) is 12.8 Å². The molecule has 0 radical (unpaired) electrons. The number of anilines is 1. The van der Waals surface area contributed by atoms with Crippen molar-refractivity contribution < 1.29 is 9.90 Å². The molecule has 3 rings (SSSR count). The van der Waals surface area contributed by atoms with E-state index in [4.69, 9.17) is 0 Å². The van der Waals surface area contributed by atoms with Gasteiger partial charge in [-0.15, -0.1) is 0 Å². The standard InChI is InChI=1S/C20H31N3O2/c1-16-3-5-17(6-4-16)21(2)20(25)15-22-11-13-23(14-12-22)18-7-9-19(24)10-8-18/h7-10,16-17,24H,3-6,11-15H2,1-2H3. The molecule has 1 saturated carbocycles. The monoisotopic (exact) mass is 345 g/mol. The van der Waals surface area contributed by atoms with Crippen LogP contribution in [0.1, 0.15) is 32.6 Å². The van der Waals surface area contributed by atoms with Gasteiger partial charge in [0.1, 0.15) is 5.75 Å². The molecule has 1 aromatic rings. The second kappa shape index (κ2) is 8.09. The second-order valence-electron chi connectivity index (χ2n) is 7.70. The third-order valence-corrected chi connectivity index (χ3v) is 5.87. The van der Waals surface area contributed by atoms with Gasteiger partial charge in [0.2, 0.25) is 5.91 Å². The highest BCUT2D eigenvalue weighted by Crippen LogP contribution is 2.26. The number of nitrogens with zero attached hydrogens (tertiary/aromatic N) is 3. The molecule has 0 aromatic heterocycles. The number of amides is 1. The van der Waals surface area contributed by atoms with E-state index in [1.807, 2.05) is 24.1 Å². The Labute approximate surface area is 151 Å². The van der Waals surface area contributed by atoms with Crippen LogP contribution in [0.25, 0.3) is 0 Å². The summed E-state index contributed by atoms with van der Waals surface area (Å²) in [4.78, 5) is 19.2. The van der Waals surface area contributed by atoms with Crippen molar-refractivity contribution in [3.8, 4) is 5.75 Å². The van der Waals surface area contributed by atoms with Gasteiger partial charge in [-0.2, -0.15) is 0 Å². The summed E-state index contributed by atoms with van der Waals surface area (Å²) >= 11 is 0. The molecule has 0 atom stereocenters. The van der Waals surface area contributed by atoms with Crippen LogP contribution in [0.15, 0.2) is 24.3 Å². The van der Waals surface area contributed by atoms with Crippen molar-refractivity contribution in [2.75, 3.05) is 44.7 Å². The summed E-state index contributed by atoms with van der Waals surface area (Å²) in [6, 6.07) is 7.79. The predicted molar refractivity (Wildman–Crippen MR) is 101 cm³/mol. The van der Waals surface area contributed by atoms with Crippen molar-refractivity contribution in [2.45, 2.75) is 38.6 Å². The van der Waals surface area contributed by atoms with Gasteiger partial charge in [0.25, 0.3) is 0 Å². The number of carbonyl (C=O) groups is 1. The molecule has 1 heterocycles. The molecule has 0 spiro atoms. The lowest BCUT2D eigenvalue weighted by atomic mass is 9.87. The van der Waals surface area contributed by atoms with Crippen LogP contribution in [0, 0.1) is 5.92 Å². The topological polar surface area (TPSA) is 47.0 Å². The first-order chi connectivity index (χ1) is 12.0. The molecular formula is C20H31N3O2. The molecule has 25 heavy (non-hydrogen) atoms. The normalized spacial score (nSPS) is 25.0. The van der Waals surface area contributed by atoms with Crippen molar-refractivity contribution in [1.82, 2.24) is 9.80 Å². The van der Waals surface area contributed by atoms with Gasteiger partial charge in [0.15, 0.2) is 0 Å². The highest BCUT2D eigenvalue weighted by Gasteiger charge is 2.26. The maximum absolute atomic E-state index is 12.6. The fourth-order valence-corrected chi connectivity index (χ4v) is 3.96. The average Bonchev–Trinajstić information content (AvgIpc) is 2.63. The molecule has 2 aliphatic rings. The lowest BCUT2D eigenvalue weighted by Gasteiger charge is -2.38. The van der Waals surface area contributed by atoms with Crippen LogP contribution in [0.2, 0.25) is 0 Å². The number of hydrogen-bond acceptors (Lipinski definition) is 4. The fourth-order valence-electron chi connectivity index (χ4n) is 3.96. The molecule has 0 unspecified atom stereocenters. The molecule has 1 aromatic carbocycles.